The van der Waals surface area contributed by atoms with Gasteiger partial charge in [-0.15, -0.1) is 0 Å². The minimum Gasteiger partial charge on any atom is -0.546 e. The van der Waals surface area contributed by atoms with E-state index in [1.807, 2.05) is 0 Å². The van der Waals surface area contributed by atoms with Crippen LogP contribution in [-0.2, 0) is 25.2 Å². The Bertz CT molecular complexity index is 1030. The van der Waals surface area contributed by atoms with E-state index in [0.29, 0.717) is 17.8 Å². The summed E-state index contributed by atoms with van der Waals surface area (Å²) in [5.41, 5.74) is -0.357. The smallest absolute Gasteiger partial charge is 0.312 e. The van der Waals surface area contributed by atoms with Crippen molar-refractivity contribution >= 4 is 22.8 Å². The van der Waals surface area contributed by atoms with Crippen LogP contribution in [0.5, 0.6) is 0 Å². The van der Waals surface area contributed by atoms with Gasteiger partial charge in [0.25, 0.3) is 0 Å². The van der Waals surface area contributed by atoms with Gasteiger partial charge in [0.05, 0.1) is 22.3 Å². The van der Waals surface area contributed by atoms with Crippen LogP contribution in [0.15, 0.2) is 106 Å². The lowest BCUT2D eigenvalue weighted by Gasteiger charge is -2.55. The van der Waals surface area contributed by atoms with Crippen molar-refractivity contribution in [2.45, 2.75) is 53.2 Å². The van der Waals surface area contributed by atoms with Crippen LogP contribution in [0.3, 0.4) is 0 Å². The maximum atomic E-state index is 12.1. The summed E-state index contributed by atoms with van der Waals surface area (Å²) in [5.74, 6) is 0.383. The van der Waals surface area contributed by atoms with Gasteiger partial charge in [-0.25, -0.2) is 0 Å². The van der Waals surface area contributed by atoms with Crippen LogP contribution >= 0.6 is 0 Å². The normalized spacial score (nSPS) is 25.6. The third-order valence-corrected chi connectivity index (χ3v) is 9.96. The second-order valence-corrected chi connectivity index (χ2v) is 12.4. The zero-order chi connectivity index (χ0) is 25.0. The molecule has 0 aromatic heterocycles. The Balaban J connectivity index is 0.000000149. The molecule has 3 aromatic carbocycles. The molecule has 4 saturated carbocycles. The van der Waals surface area contributed by atoms with E-state index in [2.05, 4.69) is 91.0 Å². The highest BCUT2D eigenvalue weighted by Crippen LogP contribution is 2.60. The molecule has 4 fully saturated rings. The number of carbonyl (C=O) groups excluding carboxylic acids is 2. The summed E-state index contributed by atoms with van der Waals surface area (Å²) in [6.45, 7) is -0.597. The van der Waals surface area contributed by atoms with Gasteiger partial charge in [0.2, 0.25) is 0 Å². The fourth-order valence-corrected chi connectivity index (χ4v) is 8.82. The van der Waals surface area contributed by atoms with E-state index >= 15 is 0 Å². The molecule has 0 N–H and O–H groups in total. The number of benzene rings is 3. The lowest BCUT2D eigenvalue weighted by Crippen LogP contribution is -2.51. The van der Waals surface area contributed by atoms with Gasteiger partial charge in [0.15, 0.2) is 14.7 Å². The van der Waals surface area contributed by atoms with Gasteiger partial charge in [0.1, 0.15) is 6.61 Å². The summed E-state index contributed by atoms with van der Waals surface area (Å²) in [6.07, 6.45) is 6.49. The third-order valence-electron chi connectivity index (χ3n) is 7.73. The number of ether oxygens (including phenoxy) is 1. The van der Waals surface area contributed by atoms with E-state index < -0.39 is 12.6 Å². The largest absolute Gasteiger partial charge is 0.546 e. The molecule has 0 atom stereocenters. The van der Waals surface area contributed by atoms with Crippen molar-refractivity contribution in [2.24, 2.45) is 23.2 Å². The van der Waals surface area contributed by atoms with Crippen LogP contribution in [0.1, 0.15) is 38.5 Å². The molecule has 0 amide bonds. The van der Waals surface area contributed by atoms with Gasteiger partial charge in [-0.05, 0) is 92.7 Å². The average molecular weight is 501 g/mol. The maximum absolute atomic E-state index is 12.1. The summed E-state index contributed by atoms with van der Waals surface area (Å²) >= 11 is 0. The molecular weight excluding hydrogens is 468 g/mol. The Labute approximate surface area is 216 Å². The van der Waals surface area contributed by atoms with Crippen LogP contribution in [0, 0.1) is 23.2 Å². The lowest BCUT2D eigenvalue weighted by atomic mass is 9.49. The van der Waals surface area contributed by atoms with Crippen molar-refractivity contribution in [3.63, 3.8) is 0 Å². The monoisotopic (exact) mass is 500 g/mol. The fourth-order valence-electron chi connectivity index (χ4n) is 6.72. The van der Waals surface area contributed by atoms with Crippen molar-refractivity contribution < 1.29 is 19.4 Å². The number of hydrogen-bond donors (Lipinski definition) is 0. The van der Waals surface area contributed by atoms with Crippen LogP contribution < -0.4 is 5.11 Å². The highest BCUT2D eigenvalue weighted by Gasteiger charge is 2.55. The molecule has 5 heteroatoms. The lowest BCUT2D eigenvalue weighted by molar-refractivity contribution is -0.309. The summed E-state index contributed by atoms with van der Waals surface area (Å²) < 4.78 is 4.89. The van der Waals surface area contributed by atoms with Crippen molar-refractivity contribution in [3.8, 4) is 0 Å². The second-order valence-electron chi connectivity index (χ2n) is 10.4. The molecule has 4 nitrogen and oxygen atoms in total. The number of hydrogen-bond acceptors (Lipinski definition) is 4. The Morgan fingerprint density at radius 3 is 1.39 bits per heavy atom. The topological polar surface area (TPSA) is 66.4 Å². The molecule has 4 bridgehead atoms. The first-order valence-electron chi connectivity index (χ1n) is 12.8. The summed E-state index contributed by atoms with van der Waals surface area (Å²) in [6, 6.07) is 32.2. The van der Waals surface area contributed by atoms with Crippen molar-refractivity contribution in [1.82, 2.24) is 0 Å². The van der Waals surface area contributed by atoms with Gasteiger partial charge in [-0.2, -0.15) is 0 Å². The quantitative estimate of drug-likeness (QED) is 0.341. The van der Waals surface area contributed by atoms with E-state index in [0.717, 1.165) is 19.3 Å². The Kier molecular flexibility index (Phi) is 7.47. The zero-order valence-electron chi connectivity index (χ0n) is 20.4. The van der Waals surface area contributed by atoms with Gasteiger partial charge in [-0.1, -0.05) is 54.6 Å². The highest BCUT2D eigenvalue weighted by atomic mass is 32.2. The van der Waals surface area contributed by atoms with E-state index in [9.17, 15) is 14.7 Å². The van der Waals surface area contributed by atoms with Gasteiger partial charge < -0.3 is 14.6 Å². The van der Waals surface area contributed by atoms with Crippen LogP contribution in [0.4, 0.5) is 0 Å². The molecular formula is C31H32O4S. The first-order valence-corrected chi connectivity index (χ1v) is 14.0. The molecule has 0 spiro atoms. The Hall–Kier alpha value is -3.05. The van der Waals surface area contributed by atoms with Crippen molar-refractivity contribution in [3.05, 3.63) is 91.0 Å². The Morgan fingerprint density at radius 2 is 1.06 bits per heavy atom. The molecule has 7 rings (SSSR count). The molecule has 0 saturated heterocycles. The van der Waals surface area contributed by atoms with Crippen LogP contribution in [0.2, 0.25) is 0 Å². The molecule has 4 aliphatic carbocycles. The first-order chi connectivity index (χ1) is 17.5. The van der Waals surface area contributed by atoms with Crippen LogP contribution in [0.25, 0.3) is 0 Å². The number of carbonyl (C=O) groups is 2. The first kappa shape index (κ1) is 24.6. The average Bonchev–Trinajstić information content (AvgIpc) is 2.89. The van der Waals surface area contributed by atoms with Gasteiger partial charge in [0, 0.05) is 0 Å². The summed E-state index contributed by atoms with van der Waals surface area (Å²) in [5, 5.41) is 10.3. The number of aliphatic carboxylic acids is 1. The van der Waals surface area contributed by atoms with Crippen molar-refractivity contribution in [1.29, 1.82) is 0 Å². The van der Waals surface area contributed by atoms with E-state index in [1.165, 1.54) is 33.9 Å². The van der Waals surface area contributed by atoms with Crippen molar-refractivity contribution in [2.75, 3.05) is 6.61 Å². The predicted molar refractivity (Wildman–Crippen MR) is 138 cm³/mol. The molecule has 36 heavy (non-hydrogen) atoms. The minimum absolute atomic E-state index is 0.0146. The second kappa shape index (κ2) is 10.9. The number of carboxylic acid groups (broad SMARTS) is 1. The molecule has 3 aromatic rings. The molecule has 0 radical (unpaired) electrons. The SMILES string of the molecule is O=C([O-])COC(=O)C12CC3CC(CC(C3)C1)C2.c1ccc([S+](c2ccccc2)c2ccccc2)cc1. The van der Waals surface area contributed by atoms with Gasteiger partial charge in [-0.3, -0.25) is 4.79 Å². The molecule has 0 unspecified atom stereocenters. The van der Waals surface area contributed by atoms with E-state index in [4.69, 9.17) is 4.74 Å². The number of esters is 1. The fraction of sp³-hybridized carbons (Fsp3) is 0.355. The number of carboxylic acids is 1. The number of rotatable bonds is 6. The molecule has 186 valence electrons. The molecule has 0 heterocycles. The maximum Gasteiger partial charge on any atom is 0.312 e. The standard InChI is InChI=1S/C18H15S.C13H18O4/c1-4-10-16(11-5-1)19(17-12-6-2-7-13-17)18-14-8-3-9-15-18;14-11(15)7-17-12(16)13-4-8-1-9(5-13)3-10(2-8)6-13/h1-15H;8-10H,1-7H2,(H,14,15)/q+1;/p-1. The van der Waals surface area contributed by atoms with E-state index in [-0.39, 0.29) is 22.3 Å². The zero-order valence-corrected chi connectivity index (χ0v) is 21.2. The molecule has 0 aliphatic heterocycles. The minimum atomic E-state index is -1.32. The predicted octanol–water partition coefficient (Wildman–Crippen LogP) is 5.28. The van der Waals surface area contributed by atoms with E-state index in [1.54, 1.807) is 0 Å². The Morgan fingerprint density at radius 1 is 0.694 bits per heavy atom. The third kappa shape index (κ3) is 5.52. The van der Waals surface area contributed by atoms with Gasteiger partial charge >= 0.3 is 5.97 Å². The summed E-state index contributed by atoms with van der Waals surface area (Å²) in [7, 11) is -0.0146. The summed E-state index contributed by atoms with van der Waals surface area (Å²) in [4.78, 5) is 26.5. The molecule has 4 aliphatic rings. The van der Waals surface area contributed by atoms with Crippen LogP contribution in [-0.4, -0.2) is 18.5 Å². The highest BCUT2D eigenvalue weighted by molar-refractivity contribution is 7.97.